The molecular weight excluding hydrogens is 329 g/mol. The highest BCUT2D eigenvalue weighted by Crippen LogP contribution is 2.41. The van der Waals surface area contributed by atoms with Gasteiger partial charge >= 0.3 is 6.03 Å². The predicted octanol–water partition coefficient (Wildman–Crippen LogP) is 3.43. The second-order valence-electron chi connectivity index (χ2n) is 5.92. The summed E-state index contributed by atoms with van der Waals surface area (Å²) in [6.45, 7) is 2.39. The number of halogens is 1. The van der Waals surface area contributed by atoms with Gasteiger partial charge in [-0.1, -0.05) is 12.1 Å². The number of thiazole rings is 1. The summed E-state index contributed by atoms with van der Waals surface area (Å²) in [6.07, 6.45) is 2.45. The van der Waals surface area contributed by atoms with Gasteiger partial charge in [-0.05, 0) is 31.9 Å². The van der Waals surface area contributed by atoms with Crippen LogP contribution in [0, 0.1) is 5.82 Å². The Morgan fingerprint density at radius 1 is 1.46 bits per heavy atom. The molecule has 128 valence electrons. The van der Waals surface area contributed by atoms with Crippen LogP contribution in [-0.2, 0) is 6.54 Å². The summed E-state index contributed by atoms with van der Waals surface area (Å²) in [5.74, 6) is 0.402. The summed E-state index contributed by atoms with van der Waals surface area (Å²) < 4.78 is 18.8. The van der Waals surface area contributed by atoms with Crippen molar-refractivity contribution < 1.29 is 13.9 Å². The molecule has 2 amide bonds. The SMILES string of the molecule is C[C@H](COc1ccccc1F)NC(=O)NCc1csc(C2CC2)n1. The Labute approximate surface area is 144 Å². The summed E-state index contributed by atoms with van der Waals surface area (Å²) in [6, 6.07) is 5.66. The molecule has 5 nitrogen and oxygen atoms in total. The number of nitrogens with one attached hydrogen (secondary N) is 2. The molecule has 1 aliphatic rings. The fraction of sp³-hybridized carbons (Fsp3) is 0.412. The van der Waals surface area contributed by atoms with E-state index in [2.05, 4.69) is 15.6 Å². The van der Waals surface area contributed by atoms with Crippen LogP contribution >= 0.6 is 11.3 Å². The molecule has 0 saturated heterocycles. The number of aromatic nitrogens is 1. The van der Waals surface area contributed by atoms with Crippen LogP contribution in [0.25, 0.3) is 0 Å². The summed E-state index contributed by atoms with van der Waals surface area (Å²) >= 11 is 1.65. The van der Waals surface area contributed by atoms with Crippen molar-refractivity contribution >= 4 is 17.4 Å². The highest BCUT2D eigenvalue weighted by atomic mass is 32.1. The van der Waals surface area contributed by atoms with Crippen molar-refractivity contribution in [2.75, 3.05) is 6.61 Å². The first kappa shape index (κ1) is 16.7. The van der Waals surface area contributed by atoms with Crippen molar-refractivity contribution in [1.82, 2.24) is 15.6 Å². The molecule has 1 aliphatic carbocycles. The predicted molar refractivity (Wildman–Crippen MR) is 90.8 cm³/mol. The quantitative estimate of drug-likeness (QED) is 0.805. The third-order valence-corrected chi connectivity index (χ3v) is 4.69. The van der Waals surface area contributed by atoms with Gasteiger partial charge in [-0.3, -0.25) is 0 Å². The first-order chi connectivity index (χ1) is 11.6. The van der Waals surface area contributed by atoms with Crippen molar-refractivity contribution in [3.05, 3.63) is 46.2 Å². The zero-order chi connectivity index (χ0) is 16.9. The number of urea groups is 1. The molecule has 1 atom stereocenters. The van der Waals surface area contributed by atoms with Crippen LogP contribution in [0.15, 0.2) is 29.6 Å². The number of carbonyl (C=O) groups excluding carboxylic acids is 1. The normalized spacial score (nSPS) is 14.9. The van der Waals surface area contributed by atoms with E-state index in [1.807, 2.05) is 5.38 Å². The van der Waals surface area contributed by atoms with E-state index in [-0.39, 0.29) is 24.4 Å². The average Bonchev–Trinajstić information content (AvgIpc) is 3.31. The topological polar surface area (TPSA) is 63.2 Å². The van der Waals surface area contributed by atoms with Gasteiger partial charge in [-0.15, -0.1) is 11.3 Å². The lowest BCUT2D eigenvalue weighted by molar-refractivity contribution is 0.224. The fourth-order valence-corrected chi connectivity index (χ4v) is 3.18. The number of hydrogen-bond acceptors (Lipinski definition) is 4. The lowest BCUT2D eigenvalue weighted by Gasteiger charge is -2.15. The lowest BCUT2D eigenvalue weighted by Crippen LogP contribution is -2.43. The van der Waals surface area contributed by atoms with Crippen LogP contribution in [0.2, 0.25) is 0 Å². The first-order valence-electron chi connectivity index (χ1n) is 7.98. The van der Waals surface area contributed by atoms with Crippen molar-refractivity contribution in [3.63, 3.8) is 0 Å². The molecule has 0 aliphatic heterocycles. The Balaban J connectivity index is 1.38. The van der Waals surface area contributed by atoms with E-state index in [4.69, 9.17) is 4.74 Å². The maximum absolute atomic E-state index is 13.4. The zero-order valence-electron chi connectivity index (χ0n) is 13.4. The number of benzene rings is 1. The average molecular weight is 349 g/mol. The van der Waals surface area contributed by atoms with Gasteiger partial charge in [0.1, 0.15) is 6.61 Å². The molecule has 0 radical (unpaired) electrons. The molecule has 2 aromatic rings. The number of amides is 2. The number of ether oxygens (including phenoxy) is 1. The van der Waals surface area contributed by atoms with Crippen LogP contribution < -0.4 is 15.4 Å². The standard InChI is InChI=1S/C17H20FN3O2S/c1-11(9-23-15-5-3-2-4-14(15)18)20-17(22)19-8-13-10-24-16(21-13)12-6-7-12/h2-5,10-12H,6-9H2,1H3,(H2,19,20,22)/t11-/m1/s1. The smallest absolute Gasteiger partial charge is 0.315 e. The molecule has 0 bridgehead atoms. The summed E-state index contributed by atoms with van der Waals surface area (Å²) in [5, 5.41) is 8.69. The Morgan fingerprint density at radius 2 is 2.25 bits per heavy atom. The van der Waals surface area contributed by atoms with Gasteiger partial charge in [0.05, 0.1) is 23.3 Å². The molecule has 3 rings (SSSR count). The molecule has 0 spiro atoms. The lowest BCUT2D eigenvalue weighted by atomic mass is 10.3. The maximum atomic E-state index is 13.4. The van der Waals surface area contributed by atoms with Gasteiger partial charge in [-0.25, -0.2) is 14.2 Å². The molecule has 1 aromatic carbocycles. The van der Waals surface area contributed by atoms with E-state index in [0.717, 1.165) is 5.69 Å². The van der Waals surface area contributed by atoms with E-state index >= 15 is 0 Å². The van der Waals surface area contributed by atoms with Gasteiger partial charge in [0.15, 0.2) is 11.6 Å². The van der Waals surface area contributed by atoms with Crippen LogP contribution in [-0.4, -0.2) is 23.7 Å². The maximum Gasteiger partial charge on any atom is 0.315 e. The van der Waals surface area contributed by atoms with E-state index in [0.29, 0.717) is 12.5 Å². The molecule has 1 aromatic heterocycles. The van der Waals surface area contributed by atoms with Gasteiger partial charge < -0.3 is 15.4 Å². The van der Waals surface area contributed by atoms with Crippen LogP contribution in [0.4, 0.5) is 9.18 Å². The third kappa shape index (κ3) is 4.67. The third-order valence-electron chi connectivity index (χ3n) is 3.63. The Kier molecular flexibility index (Phi) is 5.30. The van der Waals surface area contributed by atoms with E-state index in [1.54, 1.807) is 36.5 Å². The van der Waals surface area contributed by atoms with Crippen LogP contribution in [0.3, 0.4) is 0 Å². The minimum Gasteiger partial charge on any atom is -0.488 e. The van der Waals surface area contributed by atoms with Gasteiger partial charge in [0.2, 0.25) is 0 Å². The van der Waals surface area contributed by atoms with Crippen molar-refractivity contribution in [2.24, 2.45) is 0 Å². The van der Waals surface area contributed by atoms with E-state index in [1.165, 1.54) is 23.9 Å². The molecule has 0 unspecified atom stereocenters. The second kappa shape index (κ2) is 7.61. The minimum absolute atomic E-state index is 0.182. The number of rotatable bonds is 7. The zero-order valence-corrected chi connectivity index (χ0v) is 14.2. The monoisotopic (exact) mass is 349 g/mol. The molecule has 2 N–H and O–H groups in total. The molecular formula is C17H20FN3O2S. The van der Waals surface area contributed by atoms with E-state index < -0.39 is 5.82 Å². The highest BCUT2D eigenvalue weighted by molar-refractivity contribution is 7.09. The summed E-state index contributed by atoms with van der Waals surface area (Å²) in [5.41, 5.74) is 0.882. The molecule has 7 heteroatoms. The molecule has 1 fully saturated rings. The van der Waals surface area contributed by atoms with Crippen molar-refractivity contribution in [3.8, 4) is 5.75 Å². The Bertz CT molecular complexity index is 703. The highest BCUT2D eigenvalue weighted by Gasteiger charge is 2.26. The number of hydrogen-bond donors (Lipinski definition) is 2. The second-order valence-corrected chi connectivity index (χ2v) is 6.81. The Hall–Kier alpha value is -2.15. The van der Waals surface area contributed by atoms with Crippen LogP contribution in [0.1, 0.15) is 36.4 Å². The number of para-hydroxylation sites is 1. The van der Waals surface area contributed by atoms with E-state index in [9.17, 15) is 9.18 Å². The molecule has 24 heavy (non-hydrogen) atoms. The van der Waals surface area contributed by atoms with Gasteiger partial charge in [-0.2, -0.15) is 0 Å². The number of nitrogens with zero attached hydrogens (tertiary/aromatic N) is 1. The summed E-state index contributed by atoms with van der Waals surface area (Å²) in [7, 11) is 0. The minimum atomic E-state index is -0.413. The van der Waals surface area contributed by atoms with Crippen molar-refractivity contribution in [1.29, 1.82) is 0 Å². The molecule has 1 heterocycles. The van der Waals surface area contributed by atoms with Crippen LogP contribution in [0.5, 0.6) is 5.75 Å². The van der Waals surface area contributed by atoms with Crippen molar-refractivity contribution in [2.45, 2.75) is 38.3 Å². The molecule has 1 saturated carbocycles. The fourth-order valence-electron chi connectivity index (χ4n) is 2.19. The Morgan fingerprint density at radius 3 is 3.00 bits per heavy atom. The first-order valence-corrected chi connectivity index (χ1v) is 8.86. The largest absolute Gasteiger partial charge is 0.488 e. The van der Waals surface area contributed by atoms with Gasteiger partial charge in [0.25, 0.3) is 0 Å². The summed E-state index contributed by atoms with van der Waals surface area (Å²) in [4.78, 5) is 16.4. The van der Waals surface area contributed by atoms with Gasteiger partial charge in [0, 0.05) is 11.3 Å². The number of carbonyl (C=O) groups is 1.